The number of carbonyl (C=O) groups excluding carboxylic acids is 1. The van der Waals surface area contributed by atoms with E-state index in [2.05, 4.69) is 11.5 Å². The Balaban J connectivity index is 2.80. The van der Waals surface area contributed by atoms with Crippen LogP contribution < -0.4 is 16.2 Å². The first-order valence-corrected chi connectivity index (χ1v) is 5.31. The molecule has 90 valence electrons. The van der Waals surface area contributed by atoms with E-state index in [1.807, 2.05) is 30.1 Å². The van der Waals surface area contributed by atoms with E-state index in [-0.39, 0.29) is 11.8 Å². The molecule has 3 N–H and O–H groups in total. The zero-order valence-corrected chi connectivity index (χ0v) is 9.97. The SMILES string of the molecule is CC(CN(C)c1ccccc1C#N)C(=O)NN. The molecule has 0 aliphatic carbocycles. The number of rotatable bonds is 4. The second kappa shape index (κ2) is 5.87. The van der Waals surface area contributed by atoms with Crippen LogP contribution >= 0.6 is 0 Å². The van der Waals surface area contributed by atoms with Crippen molar-refractivity contribution in [3.63, 3.8) is 0 Å². The van der Waals surface area contributed by atoms with Gasteiger partial charge in [-0.15, -0.1) is 0 Å². The van der Waals surface area contributed by atoms with E-state index in [4.69, 9.17) is 11.1 Å². The predicted molar refractivity (Wildman–Crippen MR) is 65.9 cm³/mol. The van der Waals surface area contributed by atoms with Gasteiger partial charge in [0, 0.05) is 13.6 Å². The highest BCUT2D eigenvalue weighted by Gasteiger charge is 2.15. The van der Waals surface area contributed by atoms with Gasteiger partial charge in [0.15, 0.2) is 0 Å². The van der Waals surface area contributed by atoms with Crippen molar-refractivity contribution >= 4 is 11.6 Å². The van der Waals surface area contributed by atoms with Crippen LogP contribution in [0.1, 0.15) is 12.5 Å². The van der Waals surface area contributed by atoms with Gasteiger partial charge in [0.05, 0.1) is 17.2 Å². The maximum absolute atomic E-state index is 11.3. The molecular weight excluding hydrogens is 216 g/mol. The Bertz CT molecular complexity index is 438. The molecule has 1 atom stereocenters. The average Bonchev–Trinajstić information content (AvgIpc) is 2.37. The lowest BCUT2D eigenvalue weighted by Gasteiger charge is -2.23. The van der Waals surface area contributed by atoms with Crippen LogP contribution in [-0.2, 0) is 4.79 Å². The van der Waals surface area contributed by atoms with E-state index < -0.39 is 0 Å². The van der Waals surface area contributed by atoms with E-state index in [1.54, 1.807) is 13.0 Å². The third-order valence-electron chi connectivity index (χ3n) is 2.57. The van der Waals surface area contributed by atoms with Crippen LogP contribution in [0.4, 0.5) is 5.69 Å². The molecule has 0 aromatic heterocycles. The molecule has 1 aromatic carbocycles. The third-order valence-corrected chi connectivity index (χ3v) is 2.57. The molecule has 0 aliphatic rings. The molecule has 0 fully saturated rings. The molecule has 5 heteroatoms. The molecular formula is C12H16N4O. The van der Waals surface area contributed by atoms with Gasteiger partial charge in [-0.1, -0.05) is 19.1 Å². The highest BCUT2D eigenvalue weighted by molar-refractivity contribution is 5.78. The van der Waals surface area contributed by atoms with Crippen LogP contribution in [0.2, 0.25) is 0 Å². The minimum atomic E-state index is -0.239. The fourth-order valence-electron chi connectivity index (χ4n) is 1.64. The molecule has 0 spiro atoms. The van der Waals surface area contributed by atoms with E-state index in [0.717, 1.165) is 5.69 Å². The number of hydrogen-bond acceptors (Lipinski definition) is 4. The van der Waals surface area contributed by atoms with Gasteiger partial charge in [-0.05, 0) is 12.1 Å². The van der Waals surface area contributed by atoms with E-state index in [0.29, 0.717) is 12.1 Å². The number of hydrogen-bond donors (Lipinski definition) is 2. The monoisotopic (exact) mass is 232 g/mol. The zero-order valence-electron chi connectivity index (χ0n) is 9.97. The molecule has 5 nitrogen and oxygen atoms in total. The number of nitrogens with two attached hydrogens (primary N) is 1. The summed E-state index contributed by atoms with van der Waals surface area (Å²) in [7, 11) is 1.84. The van der Waals surface area contributed by atoms with Gasteiger partial charge in [0.2, 0.25) is 5.91 Å². The fraction of sp³-hybridized carbons (Fsp3) is 0.333. The molecule has 0 saturated carbocycles. The van der Waals surface area contributed by atoms with Gasteiger partial charge in [0.1, 0.15) is 6.07 Å². The first kappa shape index (κ1) is 13.0. The van der Waals surface area contributed by atoms with Crippen LogP contribution in [0.15, 0.2) is 24.3 Å². The van der Waals surface area contributed by atoms with Crippen molar-refractivity contribution in [1.29, 1.82) is 5.26 Å². The fourth-order valence-corrected chi connectivity index (χ4v) is 1.64. The van der Waals surface area contributed by atoms with Crippen LogP contribution in [0.5, 0.6) is 0 Å². The molecule has 1 unspecified atom stereocenters. The molecule has 0 aliphatic heterocycles. The van der Waals surface area contributed by atoms with E-state index in [1.165, 1.54) is 0 Å². The molecule has 0 heterocycles. The summed E-state index contributed by atoms with van der Waals surface area (Å²) in [6.45, 7) is 2.29. The van der Waals surface area contributed by atoms with Gasteiger partial charge in [-0.25, -0.2) is 5.84 Å². The van der Waals surface area contributed by atoms with Crippen molar-refractivity contribution < 1.29 is 4.79 Å². The maximum Gasteiger partial charge on any atom is 0.238 e. The maximum atomic E-state index is 11.3. The normalized spacial score (nSPS) is 11.4. The zero-order chi connectivity index (χ0) is 12.8. The van der Waals surface area contributed by atoms with Gasteiger partial charge in [-0.3, -0.25) is 10.2 Å². The summed E-state index contributed by atoms with van der Waals surface area (Å²) in [6.07, 6.45) is 0. The molecule has 17 heavy (non-hydrogen) atoms. The number of anilines is 1. The number of nitrogens with zero attached hydrogens (tertiary/aromatic N) is 2. The number of nitriles is 1. The second-order valence-corrected chi connectivity index (χ2v) is 3.92. The molecule has 0 bridgehead atoms. The van der Waals surface area contributed by atoms with Crippen LogP contribution in [0.3, 0.4) is 0 Å². The van der Waals surface area contributed by atoms with Gasteiger partial charge < -0.3 is 4.90 Å². The van der Waals surface area contributed by atoms with Gasteiger partial charge >= 0.3 is 0 Å². The summed E-state index contributed by atoms with van der Waals surface area (Å²) >= 11 is 0. The average molecular weight is 232 g/mol. The number of hydrazine groups is 1. The summed E-state index contributed by atoms with van der Waals surface area (Å²) in [4.78, 5) is 13.2. The summed E-state index contributed by atoms with van der Waals surface area (Å²) in [5, 5.41) is 8.98. The Morgan fingerprint density at radius 3 is 2.82 bits per heavy atom. The standard InChI is InChI=1S/C12H16N4O/c1-9(12(17)15-14)8-16(2)11-6-4-3-5-10(11)7-13/h3-6,9H,8,14H2,1-2H3,(H,15,17). The molecule has 1 rings (SSSR count). The number of amides is 1. The lowest BCUT2D eigenvalue weighted by Crippen LogP contribution is -2.39. The second-order valence-electron chi connectivity index (χ2n) is 3.92. The lowest BCUT2D eigenvalue weighted by molar-refractivity contribution is -0.124. The topological polar surface area (TPSA) is 82.2 Å². The highest BCUT2D eigenvalue weighted by Crippen LogP contribution is 2.18. The Morgan fingerprint density at radius 2 is 2.24 bits per heavy atom. The van der Waals surface area contributed by atoms with Gasteiger partial charge in [-0.2, -0.15) is 5.26 Å². The molecule has 1 amide bonds. The number of benzene rings is 1. The predicted octanol–water partition coefficient (Wildman–Crippen LogP) is 0.620. The summed E-state index contributed by atoms with van der Waals surface area (Å²) in [5.41, 5.74) is 3.52. The van der Waals surface area contributed by atoms with Crippen molar-refractivity contribution in [2.24, 2.45) is 11.8 Å². The molecule has 0 saturated heterocycles. The first-order chi connectivity index (χ1) is 8.10. The molecule has 0 radical (unpaired) electrons. The minimum Gasteiger partial charge on any atom is -0.373 e. The first-order valence-electron chi connectivity index (χ1n) is 5.31. The number of carbonyl (C=O) groups is 1. The van der Waals surface area contributed by atoms with Crippen molar-refractivity contribution in [3.05, 3.63) is 29.8 Å². The quantitative estimate of drug-likeness (QED) is 0.453. The van der Waals surface area contributed by atoms with Crippen molar-refractivity contribution in [1.82, 2.24) is 5.43 Å². The Hall–Kier alpha value is -2.06. The summed E-state index contributed by atoms with van der Waals surface area (Å²) in [5.74, 6) is 4.62. The van der Waals surface area contributed by atoms with Crippen LogP contribution in [0, 0.1) is 17.2 Å². The van der Waals surface area contributed by atoms with E-state index in [9.17, 15) is 4.79 Å². The number of para-hydroxylation sites is 1. The summed E-state index contributed by atoms with van der Waals surface area (Å²) < 4.78 is 0. The van der Waals surface area contributed by atoms with Crippen molar-refractivity contribution in [3.8, 4) is 6.07 Å². The lowest BCUT2D eigenvalue weighted by atomic mass is 10.1. The van der Waals surface area contributed by atoms with Crippen molar-refractivity contribution in [2.45, 2.75) is 6.92 Å². The highest BCUT2D eigenvalue weighted by atomic mass is 16.2. The smallest absolute Gasteiger partial charge is 0.238 e. The van der Waals surface area contributed by atoms with Gasteiger partial charge in [0.25, 0.3) is 0 Å². The minimum absolute atomic E-state index is 0.216. The summed E-state index contributed by atoms with van der Waals surface area (Å²) in [6, 6.07) is 9.40. The van der Waals surface area contributed by atoms with Crippen LogP contribution in [0.25, 0.3) is 0 Å². The molecule has 1 aromatic rings. The Labute approximate surface area is 101 Å². The third kappa shape index (κ3) is 3.20. The Kier molecular flexibility index (Phi) is 4.49. The van der Waals surface area contributed by atoms with Crippen LogP contribution in [-0.4, -0.2) is 19.5 Å². The van der Waals surface area contributed by atoms with E-state index >= 15 is 0 Å². The number of nitrogens with one attached hydrogen (secondary N) is 1. The largest absolute Gasteiger partial charge is 0.373 e. The van der Waals surface area contributed by atoms with Crippen molar-refractivity contribution in [2.75, 3.05) is 18.5 Å². The Morgan fingerprint density at radius 1 is 1.59 bits per heavy atom.